The van der Waals surface area contributed by atoms with Gasteiger partial charge in [0.05, 0.1) is 11.4 Å². The number of hydrogen-bond acceptors (Lipinski definition) is 1. The highest BCUT2D eigenvalue weighted by Gasteiger charge is 2.22. The zero-order valence-electron chi connectivity index (χ0n) is 28.8. The van der Waals surface area contributed by atoms with E-state index in [-0.39, 0.29) is 0 Å². The lowest BCUT2D eigenvalue weighted by Gasteiger charge is -2.21. The molecule has 242 valence electrons. The van der Waals surface area contributed by atoms with Crippen LogP contribution in [0.2, 0.25) is 0 Å². The maximum Gasteiger partial charge on any atom is 0.145 e. The van der Waals surface area contributed by atoms with Crippen LogP contribution in [-0.2, 0) is 0 Å². The van der Waals surface area contributed by atoms with Gasteiger partial charge in [-0.2, -0.15) is 0 Å². The summed E-state index contributed by atoms with van der Waals surface area (Å²) in [6, 6.07) is 55.3. The zero-order valence-corrected chi connectivity index (χ0v) is 28.8. The number of benzene rings is 8. The molecular weight excluding hydrogens is 617 g/mol. The molecule has 9 rings (SSSR count). The minimum absolute atomic E-state index is 0.911. The monoisotopic (exact) mass is 652 g/mol. The number of nitrogens with zero attached hydrogens (tertiary/aromatic N) is 2. The van der Waals surface area contributed by atoms with Gasteiger partial charge in [0, 0.05) is 11.3 Å². The van der Waals surface area contributed by atoms with Gasteiger partial charge in [0.25, 0.3) is 0 Å². The van der Waals surface area contributed by atoms with E-state index in [9.17, 15) is 0 Å². The second-order valence-electron chi connectivity index (χ2n) is 13.3. The molecule has 0 spiro atoms. The van der Waals surface area contributed by atoms with Crippen molar-refractivity contribution in [3.8, 4) is 39.3 Å². The summed E-state index contributed by atoms with van der Waals surface area (Å²) in [4.78, 5) is 5.15. The predicted molar refractivity (Wildman–Crippen MR) is 219 cm³/mol. The van der Waals surface area contributed by atoms with Crippen molar-refractivity contribution in [2.45, 2.75) is 13.8 Å². The Morgan fingerprint density at radius 2 is 1.10 bits per heavy atom. The van der Waals surface area contributed by atoms with Gasteiger partial charge in [0.15, 0.2) is 0 Å². The number of fused-ring (bicyclic) bond motifs is 4. The van der Waals surface area contributed by atoms with Crippen molar-refractivity contribution in [1.82, 2.24) is 9.55 Å². The topological polar surface area (TPSA) is 17.8 Å². The van der Waals surface area contributed by atoms with E-state index in [1.807, 2.05) is 12.2 Å². The number of aromatic nitrogens is 2. The Hall–Kier alpha value is -6.51. The summed E-state index contributed by atoms with van der Waals surface area (Å²) in [6.45, 7) is 8.24. The summed E-state index contributed by atoms with van der Waals surface area (Å²) in [5.41, 5.74) is 10.3. The van der Waals surface area contributed by atoms with Gasteiger partial charge in [-0.05, 0) is 97.4 Å². The Morgan fingerprint density at radius 3 is 1.75 bits per heavy atom. The molecule has 0 aliphatic rings. The molecule has 0 bridgehead atoms. The number of allylic oxidation sites excluding steroid dienone is 2. The van der Waals surface area contributed by atoms with Crippen LogP contribution in [0.5, 0.6) is 0 Å². The summed E-state index contributed by atoms with van der Waals surface area (Å²) in [6.07, 6.45) is 5.93. The maximum absolute atomic E-state index is 5.15. The first-order valence-corrected chi connectivity index (χ1v) is 17.5. The molecule has 51 heavy (non-hydrogen) atoms. The molecule has 0 atom stereocenters. The minimum Gasteiger partial charge on any atom is -0.293 e. The third-order valence-corrected chi connectivity index (χ3v) is 10.2. The van der Waals surface area contributed by atoms with Crippen molar-refractivity contribution >= 4 is 49.2 Å². The second-order valence-corrected chi connectivity index (χ2v) is 13.3. The SMILES string of the molecule is C=C/C=C\c1c(C)nc(-c2ccccc2)n1-c1ccc2c(-c3cccc4ccccc34)c3cc(C)ccc3c(-c3cccc4ccccc34)c2c1. The van der Waals surface area contributed by atoms with Gasteiger partial charge in [-0.1, -0.05) is 164 Å². The fourth-order valence-electron chi connectivity index (χ4n) is 7.88. The molecule has 0 unspecified atom stereocenters. The molecular formula is C49H36N2. The first-order chi connectivity index (χ1) is 25.1. The van der Waals surface area contributed by atoms with Gasteiger partial charge in [-0.3, -0.25) is 4.57 Å². The minimum atomic E-state index is 0.911. The van der Waals surface area contributed by atoms with Crippen molar-refractivity contribution in [3.05, 3.63) is 187 Å². The molecule has 9 aromatic rings. The molecule has 0 saturated carbocycles. The highest BCUT2D eigenvalue weighted by molar-refractivity contribution is 6.25. The lowest BCUT2D eigenvalue weighted by atomic mass is 9.83. The standard InChI is InChI=1S/C49H36N2/c1-4-5-25-46-33(3)50-49(36-17-7-6-8-18-36)51(46)37-27-29-43-45(31-37)48(41-24-14-20-35-16-10-12-22-39(35)41)42-28-26-32(2)30-44(42)47(43)40-23-13-19-34-15-9-11-21-38(34)40/h4-31H,1H2,2-3H3/b25-5-. The van der Waals surface area contributed by atoms with E-state index in [0.29, 0.717) is 0 Å². The Labute approximate surface area is 298 Å². The van der Waals surface area contributed by atoms with Gasteiger partial charge in [-0.15, -0.1) is 0 Å². The van der Waals surface area contributed by atoms with Gasteiger partial charge in [-0.25, -0.2) is 4.98 Å². The van der Waals surface area contributed by atoms with Crippen LogP contribution in [0.3, 0.4) is 0 Å². The Kier molecular flexibility index (Phi) is 7.44. The van der Waals surface area contributed by atoms with Crippen LogP contribution in [0.1, 0.15) is 17.0 Å². The van der Waals surface area contributed by atoms with Gasteiger partial charge >= 0.3 is 0 Å². The summed E-state index contributed by atoms with van der Waals surface area (Å²) < 4.78 is 2.30. The van der Waals surface area contributed by atoms with E-state index in [4.69, 9.17) is 4.98 Å². The quantitative estimate of drug-likeness (QED) is 0.129. The molecule has 0 radical (unpaired) electrons. The smallest absolute Gasteiger partial charge is 0.145 e. The Bertz CT molecular complexity index is 2820. The lowest BCUT2D eigenvalue weighted by Crippen LogP contribution is -2.01. The van der Waals surface area contributed by atoms with Crippen molar-refractivity contribution < 1.29 is 0 Å². The molecule has 2 heteroatoms. The molecule has 0 amide bonds. The first kappa shape index (κ1) is 30.5. The predicted octanol–water partition coefficient (Wildman–Crippen LogP) is 13.3. The van der Waals surface area contributed by atoms with Crippen molar-refractivity contribution in [2.24, 2.45) is 0 Å². The summed E-state index contributed by atoms with van der Waals surface area (Å²) in [5.74, 6) is 0.911. The number of aryl methyl sites for hydroxylation is 2. The highest BCUT2D eigenvalue weighted by atomic mass is 15.1. The normalized spacial score (nSPS) is 11.7. The summed E-state index contributed by atoms with van der Waals surface area (Å²) >= 11 is 0. The maximum atomic E-state index is 5.15. The molecule has 2 nitrogen and oxygen atoms in total. The zero-order chi connectivity index (χ0) is 34.5. The summed E-state index contributed by atoms with van der Waals surface area (Å²) in [7, 11) is 0. The van der Waals surface area contributed by atoms with Crippen LogP contribution in [0.15, 0.2) is 170 Å². The molecule has 0 saturated heterocycles. The van der Waals surface area contributed by atoms with Crippen LogP contribution in [0.4, 0.5) is 0 Å². The Morgan fingerprint density at radius 1 is 0.529 bits per heavy atom. The third kappa shape index (κ3) is 5.07. The van der Waals surface area contributed by atoms with Crippen LogP contribution < -0.4 is 0 Å². The second kappa shape index (κ2) is 12.4. The largest absolute Gasteiger partial charge is 0.293 e. The highest BCUT2D eigenvalue weighted by Crippen LogP contribution is 2.47. The molecule has 8 aromatic carbocycles. The van der Waals surface area contributed by atoms with E-state index in [1.54, 1.807) is 0 Å². The molecule has 0 N–H and O–H groups in total. The van der Waals surface area contributed by atoms with E-state index in [1.165, 1.54) is 70.9 Å². The molecule has 0 aliphatic heterocycles. The molecule has 1 heterocycles. The van der Waals surface area contributed by atoms with Crippen LogP contribution in [0.25, 0.3) is 88.5 Å². The average Bonchev–Trinajstić information content (AvgIpc) is 3.51. The van der Waals surface area contributed by atoms with Crippen molar-refractivity contribution in [3.63, 3.8) is 0 Å². The lowest BCUT2D eigenvalue weighted by molar-refractivity contribution is 1.06. The van der Waals surface area contributed by atoms with E-state index < -0.39 is 0 Å². The van der Waals surface area contributed by atoms with E-state index >= 15 is 0 Å². The molecule has 1 aromatic heterocycles. The number of imidazole rings is 1. The number of rotatable bonds is 6. The molecule has 0 fully saturated rings. The van der Waals surface area contributed by atoms with Crippen molar-refractivity contribution in [1.29, 1.82) is 0 Å². The van der Waals surface area contributed by atoms with E-state index in [0.717, 1.165) is 28.5 Å². The van der Waals surface area contributed by atoms with Gasteiger partial charge in [0.2, 0.25) is 0 Å². The van der Waals surface area contributed by atoms with Crippen LogP contribution in [0, 0.1) is 13.8 Å². The van der Waals surface area contributed by atoms with Crippen LogP contribution >= 0.6 is 0 Å². The Balaban J connectivity index is 1.47. The van der Waals surface area contributed by atoms with Crippen molar-refractivity contribution in [2.75, 3.05) is 0 Å². The fourth-order valence-corrected chi connectivity index (χ4v) is 7.88. The van der Waals surface area contributed by atoms with Gasteiger partial charge < -0.3 is 0 Å². The fraction of sp³-hybridized carbons (Fsp3) is 0.0408. The number of hydrogen-bond donors (Lipinski definition) is 0. The first-order valence-electron chi connectivity index (χ1n) is 17.5. The molecule has 0 aliphatic carbocycles. The van der Waals surface area contributed by atoms with Gasteiger partial charge in [0.1, 0.15) is 5.82 Å². The van der Waals surface area contributed by atoms with Crippen LogP contribution in [-0.4, -0.2) is 9.55 Å². The third-order valence-electron chi connectivity index (χ3n) is 10.2. The summed E-state index contributed by atoms with van der Waals surface area (Å²) in [5, 5.41) is 9.87. The van der Waals surface area contributed by atoms with E-state index in [2.05, 4.69) is 183 Å². The average molecular weight is 653 g/mol.